The highest BCUT2D eigenvalue weighted by Gasteiger charge is 2.15. The van der Waals surface area contributed by atoms with Crippen LogP contribution in [0.25, 0.3) is 10.9 Å². The number of aryl methyl sites for hydroxylation is 2. The molecule has 0 aliphatic carbocycles. The van der Waals surface area contributed by atoms with Crippen molar-refractivity contribution in [2.75, 3.05) is 11.9 Å². The molecule has 2 aromatic carbocycles. The zero-order chi connectivity index (χ0) is 19.6. The van der Waals surface area contributed by atoms with Crippen molar-refractivity contribution < 1.29 is 9.59 Å². The van der Waals surface area contributed by atoms with Crippen molar-refractivity contribution in [2.24, 2.45) is 13.0 Å². The summed E-state index contributed by atoms with van der Waals surface area (Å²) in [6.07, 6.45) is 1.84. The number of nitrogens with zero attached hydrogens (tertiary/aromatic N) is 1. The van der Waals surface area contributed by atoms with Crippen molar-refractivity contribution in [3.05, 3.63) is 65.4 Å². The summed E-state index contributed by atoms with van der Waals surface area (Å²) in [6, 6.07) is 13.1. The van der Waals surface area contributed by atoms with Crippen molar-refractivity contribution >= 4 is 28.4 Å². The van der Waals surface area contributed by atoms with Crippen LogP contribution in [0.1, 0.15) is 40.1 Å². The van der Waals surface area contributed by atoms with E-state index in [0.29, 0.717) is 29.3 Å². The highest BCUT2D eigenvalue weighted by atomic mass is 16.2. The third-order valence-corrected chi connectivity index (χ3v) is 4.55. The summed E-state index contributed by atoms with van der Waals surface area (Å²) in [7, 11) is 1.93. The number of hydrogen-bond acceptors (Lipinski definition) is 2. The van der Waals surface area contributed by atoms with Crippen molar-refractivity contribution in [1.29, 1.82) is 0 Å². The maximum Gasteiger partial charge on any atom is 0.257 e. The third-order valence-electron chi connectivity index (χ3n) is 4.55. The van der Waals surface area contributed by atoms with Gasteiger partial charge < -0.3 is 15.2 Å². The van der Waals surface area contributed by atoms with E-state index in [2.05, 4.69) is 24.5 Å². The predicted octanol–water partition coefficient (Wildman–Crippen LogP) is 4.12. The van der Waals surface area contributed by atoms with Crippen LogP contribution in [0.5, 0.6) is 0 Å². The Hall–Kier alpha value is -3.08. The number of aromatic nitrogens is 1. The van der Waals surface area contributed by atoms with Gasteiger partial charge in [0.25, 0.3) is 11.8 Å². The number of para-hydroxylation sites is 1. The quantitative estimate of drug-likeness (QED) is 0.716. The number of hydrogen-bond donors (Lipinski definition) is 2. The Morgan fingerprint density at radius 2 is 1.81 bits per heavy atom. The molecule has 0 saturated heterocycles. The number of benzene rings is 2. The van der Waals surface area contributed by atoms with E-state index in [9.17, 15) is 9.59 Å². The van der Waals surface area contributed by atoms with Gasteiger partial charge in [0.1, 0.15) is 0 Å². The number of nitrogens with one attached hydrogen (secondary N) is 2. The molecule has 27 heavy (non-hydrogen) atoms. The minimum Gasteiger partial charge on any atom is -0.352 e. The highest BCUT2D eigenvalue weighted by molar-refractivity contribution is 6.13. The Balaban J connectivity index is 1.79. The van der Waals surface area contributed by atoms with Crippen LogP contribution in [0.15, 0.2) is 48.7 Å². The molecule has 0 spiro atoms. The molecule has 0 saturated carbocycles. The lowest BCUT2D eigenvalue weighted by molar-refractivity contribution is 0.0948. The monoisotopic (exact) mass is 363 g/mol. The van der Waals surface area contributed by atoms with E-state index >= 15 is 0 Å². The van der Waals surface area contributed by atoms with Gasteiger partial charge in [-0.25, -0.2) is 0 Å². The second-order valence-electron chi connectivity index (χ2n) is 7.26. The standard InChI is InChI=1S/C22H25N3O2/c1-14(2)12-23-21(26)16-9-10-19(15(3)11-16)24-22(27)18-13-25(4)20-8-6-5-7-17(18)20/h5-11,13-14H,12H2,1-4H3,(H,23,26)(H,24,27). The summed E-state index contributed by atoms with van der Waals surface area (Å²) in [5, 5.41) is 6.79. The van der Waals surface area contributed by atoms with E-state index in [0.717, 1.165) is 16.5 Å². The first-order valence-corrected chi connectivity index (χ1v) is 9.11. The van der Waals surface area contributed by atoms with Gasteiger partial charge in [0.2, 0.25) is 0 Å². The molecule has 0 aliphatic heterocycles. The molecular weight excluding hydrogens is 338 g/mol. The van der Waals surface area contributed by atoms with Gasteiger partial charge in [-0.1, -0.05) is 32.0 Å². The molecule has 2 amide bonds. The van der Waals surface area contributed by atoms with Crippen LogP contribution < -0.4 is 10.6 Å². The van der Waals surface area contributed by atoms with Crippen molar-refractivity contribution in [1.82, 2.24) is 9.88 Å². The summed E-state index contributed by atoms with van der Waals surface area (Å²) < 4.78 is 1.94. The van der Waals surface area contributed by atoms with E-state index < -0.39 is 0 Å². The molecule has 0 bridgehead atoms. The Kier molecular flexibility index (Phi) is 5.31. The lowest BCUT2D eigenvalue weighted by atomic mass is 10.1. The van der Waals surface area contributed by atoms with Gasteiger partial charge in [-0.3, -0.25) is 9.59 Å². The number of anilines is 1. The largest absolute Gasteiger partial charge is 0.352 e. The molecule has 5 heteroatoms. The Bertz CT molecular complexity index is 1000. The molecule has 1 heterocycles. The zero-order valence-electron chi connectivity index (χ0n) is 16.2. The summed E-state index contributed by atoms with van der Waals surface area (Å²) in [5.74, 6) is 0.139. The lowest BCUT2D eigenvalue weighted by Gasteiger charge is -2.11. The van der Waals surface area contributed by atoms with Crippen LogP contribution in [0.3, 0.4) is 0 Å². The SMILES string of the molecule is Cc1cc(C(=O)NCC(C)C)ccc1NC(=O)c1cn(C)c2ccccc12. The van der Waals surface area contributed by atoms with Gasteiger partial charge in [-0.05, 0) is 42.7 Å². The van der Waals surface area contributed by atoms with Crippen LogP contribution in [-0.2, 0) is 7.05 Å². The number of carbonyl (C=O) groups is 2. The van der Waals surface area contributed by atoms with E-state index in [1.54, 1.807) is 18.2 Å². The second-order valence-corrected chi connectivity index (χ2v) is 7.26. The molecule has 3 rings (SSSR count). The molecule has 0 atom stereocenters. The molecular formula is C22H25N3O2. The first-order valence-electron chi connectivity index (χ1n) is 9.11. The third kappa shape index (κ3) is 4.03. The molecule has 5 nitrogen and oxygen atoms in total. The fraction of sp³-hybridized carbons (Fsp3) is 0.273. The first kappa shape index (κ1) is 18.7. The lowest BCUT2D eigenvalue weighted by Crippen LogP contribution is -2.27. The second kappa shape index (κ2) is 7.66. The molecule has 2 N–H and O–H groups in total. The molecule has 0 unspecified atom stereocenters. The van der Waals surface area contributed by atoms with Gasteiger partial charge in [0, 0.05) is 41.9 Å². The predicted molar refractivity (Wildman–Crippen MR) is 109 cm³/mol. The average molecular weight is 363 g/mol. The van der Waals surface area contributed by atoms with Gasteiger partial charge in [-0.2, -0.15) is 0 Å². The first-order chi connectivity index (χ1) is 12.9. The Morgan fingerprint density at radius 1 is 1.07 bits per heavy atom. The highest BCUT2D eigenvalue weighted by Crippen LogP contribution is 2.23. The number of rotatable bonds is 5. The summed E-state index contributed by atoms with van der Waals surface area (Å²) in [4.78, 5) is 25.0. The van der Waals surface area contributed by atoms with Crippen LogP contribution >= 0.6 is 0 Å². The number of fused-ring (bicyclic) bond motifs is 1. The molecule has 3 aromatic rings. The van der Waals surface area contributed by atoms with Gasteiger partial charge in [0.15, 0.2) is 0 Å². The van der Waals surface area contributed by atoms with Crippen LogP contribution in [0.2, 0.25) is 0 Å². The van der Waals surface area contributed by atoms with Crippen molar-refractivity contribution in [3.8, 4) is 0 Å². The summed E-state index contributed by atoms with van der Waals surface area (Å²) >= 11 is 0. The molecule has 140 valence electrons. The Labute approximate surface area is 159 Å². The summed E-state index contributed by atoms with van der Waals surface area (Å²) in [6.45, 7) is 6.63. The van der Waals surface area contributed by atoms with Crippen LogP contribution in [0.4, 0.5) is 5.69 Å². The fourth-order valence-corrected chi connectivity index (χ4v) is 3.06. The van der Waals surface area contributed by atoms with Crippen molar-refractivity contribution in [2.45, 2.75) is 20.8 Å². The normalized spacial score (nSPS) is 11.0. The van der Waals surface area contributed by atoms with Crippen LogP contribution in [0, 0.1) is 12.8 Å². The van der Waals surface area contributed by atoms with E-state index in [-0.39, 0.29) is 11.8 Å². The van der Waals surface area contributed by atoms with E-state index in [4.69, 9.17) is 0 Å². The van der Waals surface area contributed by atoms with E-state index in [1.165, 1.54) is 0 Å². The molecule has 0 aliphatic rings. The minimum atomic E-state index is -0.160. The zero-order valence-corrected chi connectivity index (χ0v) is 16.2. The summed E-state index contributed by atoms with van der Waals surface area (Å²) in [5.41, 5.74) is 3.79. The average Bonchev–Trinajstić information content (AvgIpc) is 2.98. The Morgan fingerprint density at radius 3 is 2.52 bits per heavy atom. The fourth-order valence-electron chi connectivity index (χ4n) is 3.06. The molecule has 0 fully saturated rings. The number of carbonyl (C=O) groups excluding carboxylic acids is 2. The van der Waals surface area contributed by atoms with Crippen molar-refractivity contribution in [3.63, 3.8) is 0 Å². The molecule has 0 radical (unpaired) electrons. The minimum absolute atomic E-state index is 0.0984. The maximum absolute atomic E-state index is 12.8. The molecule has 1 aromatic heterocycles. The number of amides is 2. The smallest absolute Gasteiger partial charge is 0.257 e. The topological polar surface area (TPSA) is 63.1 Å². The van der Waals surface area contributed by atoms with Gasteiger partial charge in [0.05, 0.1) is 5.56 Å². The van der Waals surface area contributed by atoms with Gasteiger partial charge in [-0.15, -0.1) is 0 Å². The van der Waals surface area contributed by atoms with Gasteiger partial charge >= 0.3 is 0 Å². The maximum atomic E-state index is 12.8. The van der Waals surface area contributed by atoms with Crippen LogP contribution in [-0.4, -0.2) is 22.9 Å². The van der Waals surface area contributed by atoms with E-state index in [1.807, 2.05) is 49.0 Å².